The largest absolute Gasteiger partial charge is 0.430 e. The summed E-state index contributed by atoms with van der Waals surface area (Å²) in [5, 5.41) is 10.9. The van der Waals surface area contributed by atoms with E-state index in [-0.39, 0.29) is 11.3 Å². The highest BCUT2D eigenvalue weighted by Gasteiger charge is 2.71. The molecular weight excluding hydrogens is 598 g/mol. The number of hydrogen-bond donors (Lipinski definition) is 2. The summed E-state index contributed by atoms with van der Waals surface area (Å²) in [4.78, 5) is 4.68. The molecule has 4 nitrogen and oxygen atoms in total. The molecule has 2 aromatic heterocycles. The summed E-state index contributed by atoms with van der Waals surface area (Å²) in [6.07, 6.45) is -11.3. The van der Waals surface area contributed by atoms with Gasteiger partial charge in [-0.25, -0.2) is 8.93 Å². The molecular formula is C27H23ClF6N2O2S2. The fourth-order valence-corrected chi connectivity index (χ4v) is 6.38. The second-order valence-electron chi connectivity index (χ2n) is 9.96. The first-order valence-electron chi connectivity index (χ1n) is 11.7. The lowest BCUT2D eigenvalue weighted by Crippen LogP contribution is -2.53. The molecule has 0 amide bonds. The Morgan fingerprint density at radius 3 is 2.20 bits per heavy atom. The van der Waals surface area contributed by atoms with E-state index < -0.39 is 45.3 Å². The molecule has 214 valence electrons. The predicted octanol–water partition coefficient (Wildman–Crippen LogP) is 8.07. The average Bonchev–Trinajstić information content (AvgIpc) is 3.29. The first-order valence-corrected chi connectivity index (χ1v) is 14.1. The third-order valence-corrected chi connectivity index (χ3v) is 9.27. The van der Waals surface area contributed by atoms with Crippen LogP contribution in [0.3, 0.4) is 0 Å². The van der Waals surface area contributed by atoms with E-state index in [0.29, 0.717) is 37.7 Å². The van der Waals surface area contributed by atoms with Crippen molar-refractivity contribution in [3.63, 3.8) is 0 Å². The Balaban J connectivity index is 1.87. The van der Waals surface area contributed by atoms with Crippen LogP contribution in [0.15, 0.2) is 66.9 Å². The van der Waals surface area contributed by atoms with E-state index >= 15 is 0 Å². The molecule has 0 bridgehead atoms. The zero-order valence-electron chi connectivity index (χ0n) is 21.2. The van der Waals surface area contributed by atoms with E-state index in [4.69, 9.17) is 11.6 Å². The maximum atomic E-state index is 13.5. The number of benzene rings is 2. The number of hydrogen-bond acceptors (Lipinski definition) is 4. The predicted molar refractivity (Wildman–Crippen MR) is 145 cm³/mol. The van der Waals surface area contributed by atoms with Gasteiger partial charge in [0.25, 0.3) is 5.60 Å². The Labute approximate surface area is 237 Å². The third-order valence-electron chi connectivity index (χ3n) is 6.12. The lowest BCUT2D eigenvalue weighted by molar-refractivity contribution is -0.376. The standard InChI is InChI=1S/C27H23ClF6N2O2S2/c1-24(2,3)40(38)36-22(17-8-4-5-10-19(17)28)21-13-15-7-6-9-18(23(15)39-21)20-14-16(11-12-35-20)25(37,26(29,30)31)27(32,33)34/h4-14,22,36-37H,1-3H3/t22-,40+/m1/s1. The Kier molecular flexibility index (Phi) is 8.16. The van der Waals surface area contributed by atoms with Crippen LogP contribution < -0.4 is 4.72 Å². The van der Waals surface area contributed by atoms with Crippen LogP contribution in [0.4, 0.5) is 26.3 Å². The van der Waals surface area contributed by atoms with Gasteiger partial charge in [-0.3, -0.25) is 4.98 Å². The molecule has 0 radical (unpaired) electrons. The van der Waals surface area contributed by atoms with Crippen LogP contribution in [0.5, 0.6) is 0 Å². The zero-order chi connectivity index (χ0) is 29.7. The molecule has 0 aliphatic heterocycles. The van der Waals surface area contributed by atoms with Gasteiger partial charge in [0.1, 0.15) is 0 Å². The summed E-state index contributed by atoms with van der Waals surface area (Å²) in [6, 6.07) is 14.0. The average molecular weight is 621 g/mol. The number of alkyl halides is 6. The van der Waals surface area contributed by atoms with Gasteiger partial charge in [-0.2, -0.15) is 26.3 Å². The van der Waals surface area contributed by atoms with Crippen molar-refractivity contribution in [2.45, 2.75) is 49.5 Å². The highest BCUT2D eigenvalue weighted by atomic mass is 35.5. The molecule has 0 fully saturated rings. The minimum atomic E-state index is -6.03. The van der Waals surface area contributed by atoms with Crippen molar-refractivity contribution in [3.05, 3.63) is 87.9 Å². The topological polar surface area (TPSA) is 62.2 Å². The Morgan fingerprint density at radius 2 is 1.60 bits per heavy atom. The van der Waals surface area contributed by atoms with Gasteiger partial charge in [0, 0.05) is 31.9 Å². The van der Waals surface area contributed by atoms with Gasteiger partial charge >= 0.3 is 12.4 Å². The maximum Gasteiger partial charge on any atom is 0.430 e. The van der Waals surface area contributed by atoms with E-state index in [1.54, 1.807) is 63.2 Å². The number of rotatable bonds is 6. The zero-order valence-corrected chi connectivity index (χ0v) is 23.6. The van der Waals surface area contributed by atoms with Crippen LogP contribution in [0.1, 0.15) is 42.8 Å². The second kappa shape index (κ2) is 10.7. The van der Waals surface area contributed by atoms with Crippen molar-refractivity contribution < 1.29 is 35.7 Å². The van der Waals surface area contributed by atoms with Gasteiger partial charge in [-0.1, -0.05) is 48.0 Å². The fourth-order valence-electron chi connectivity index (χ4n) is 3.99. The molecule has 2 heterocycles. The molecule has 2 atom stereocenters. The molecule has 4 aromatic rings. The van der Waals surface area contributed by atoms with Crippen molar-refractivity contribution in [2.24, 2.45) is 0 Å². The van der Waals surface area contributed by atoms with E-state index in [0.717, 1.165) is 6.20 Å². The number of pyridine rings is 1. The van der Waals surface area contributed by atoms with E-state index in [9.17, 15) is 35.7 Å². The second-order valence-corrected chi connectivity index (χ2v) is 13.5. The van der Waals surface area contributed by atoms with Crippen LogP contribution in [0, 0.1) is 0 Å². The molecule has 2 aromatic carbocycles. The van der Waals surface area contributed by atoms with Gasteiger partial charge in [0.05, 0.1) is 27.5 Å². The van der Waals surface area contributed by atoms with Gasteiger partial charge in [-0.05, 0) is 56.0 Å². The van der Waals surface area contributed by atoms with Crippen LogP contribution in [-0.2, 0) is 16.6 Å². The van der Waals surface area contributed by atoms with E-state index in [2.05, 4.69) is 9.71 Å². The van der Waals surface area contributed by atoms with E-state index in [1.165, 1.54) is 17.4 Å². The van der Waals surface area contributed by atoms with Gasteiger partial charge in [0.2, 0.25) is 0 Å². The Bertz CT molecular complexity index is 1550. The van der Waals surface area contributed by atoms with Gasteiger partial charge in [0.15, 0.2) is 0 Å². The number of fused-ring (bicyclic) bond motifs is 1. The number of nitrogens with one attached hydrogen (secondary N) is 1. The smallest absolute Gasteiger partial charge is 0.369 e. The summed E-state index contributed by atoms with van der Waals surface area (Å²) in [7, 11) is -1.53. The molecule has 0 saturated heterocycles. The highest BCUT2D eigenvalue weighted by molar-refractivity contribution is 7.84. The van der Waals surface area contributed by atoms with Crippen molar-refractivity contribution >= 4 is 44.0 Å². The molecule has 2 N–H and O–H groups in total. The van der Waals surface area contributed by atoms with Crippen LogP contribution >= 0.6 is 22.9 Å². The number of thiophene rings is 1. The lowest BCUT2D eigenvalue weighted by Gasteiger charge is -2.32. The van der Waals surface area contributed by atoms with Gasteiger partial charge < -0.3 is 5.11 Å². The first-order chi connectivity index (χ1) is 18.4. The van der Waals surface area contributed by atoms with Crippen LogP contribution in [0.2, 0.25) is 5.02 Å². The minimum absolute atomic E-state index is 0.191. The highest BCUT2D eigenvalue weighted by Crippen LogP contribution is 2.50. The van der Waals surface area contributed by atoms with Crippen molar-refractivity contribution in [2.75, 3.05) is 0 Å². The van der Waals surface area contributed by atoms with Crippen molar-refractivity contribution in [3.8, 4) is 11.3 Å². The molecule has 4 rings (SSSR count). The van der Waals surface area contributed by atoms with Gasteiger partial charge in [-0.15, -0.1) is 11.3 Å². The normalized spacial score (nSPS) is 14.9. The Hall–Kier alpha value is -2.51. The Morgan fingerprint density at radius 1 is 0.950 bits per heavy atom. The number of nitrogens with zero attached hydrogens (tertiary/aromatic N) is 1. The van der Waals surface area contributed by atoms with Crippen LogP contribution in [-0.4, -0.2) is 31.4 Å². The van der Waals surface area contributed by atoms with Crippen molar-refractivity contribution in [1.29, 1.82) is 0 Å². The van der Waals surface area contributed by atoms with E-state index in [1.807, 2.05) is 0 Å². The number of aromatic nitrogens is 1. The third kappa shape index (κ3) is 5.64. The van der Waals surface area contributed by atoms with Crippen molar-refractivity contribution in [1.82, 2.24) is 9.71 Å². The SMILES string of the molecule is CC(C)(C)[S@](=O)N[C@@H](c1cc2cccc(-c3cc(C(O)(C(F)(F)F)C(F)(F)F)ccn3)c2s1)c1ccccc1Cl. The lowest BCUT2D eigenvalue weighted by atomic mass is 9.91. The summed E-state index contributed by atoms with van der Waals surface area (Å²) in [5.41, 5.74) is -5.78. The quantitative estimate of drug-likeness (QED) is 0.214. The molecule has 0 saturated carbocycles. The number of aliphatic hydroxyl groups is 1. The monoisotopic (exact) mass is 620 g/mol. The summed E-state index contributed by atoms with van der Waals surface area (Å²) >= 11 is 7.68. The fraction of sp³-hybridized carbons (Fsp3) is 0.296. The molecule has 0 unspecified atom stereocenters. The van der Waals surface area contributed by atoms with Crippen LogP contribution in [0.25, 0.3) is 21.3 Å². The molecule has 0 spiro atoms. The molecule has 0 aliphatic rings. The summed E-state index contributed by atoms with van der Waals surface area (Å²) < 4.78 is 97.2. The molecule has 40 heavy (non-hydrogen) atoms. The summed E-state index contributed by atoms with van der Waals surface area (Å²) in [5.74, 6) is 0. The summed E-state index contributed by atoms with van der Waals surface area (Å²) in [6.45, 7) is 5.39. The maximum absolute atomic E-state index is 13.5. The minimum Gasteiger partial charge on any atom is -0.369 e. The molecule has 0 aliphatic carbocycles. The molecule has 13 heteroatoms. The number of halogens is 7. The first kappa shape index (κ1) is 30.4.